The lowest BCUT2D eigenvalue weighted by Gasteiger charge is -2.03. The smallest absolute Gasteiger partial charge is 0.335 e. The van der Waals surface area contributed by atoms with Crippen LogP contribution in [0, 0.1) is 0 Å². The van der Waals surface area contributed by atoms with Crippen LogP contribution in [0.4, 0.5) is 0 Å². The van der Waals surface area contributed by atoms with E-state index in [0.717, 1.165) is 37.9 Å². The molecular weight excluding hydrogens is 242 g/mol. The van der Waals surface area contributed by atoms with Crippen molar-refractivity contribution in [2.24, 2.45) is 0 Å². The molecule has 1 N–H and O–H groups in total. The zero-order valence-electron chi connectivity index (χ0n) is 10.7. The van der Waals surface area contributed by atoms with Gasteiger partial charge in [-0.3, -0.25) is 4.98 Å². The predicted molar refractivity (Wildman–Crippen MR) is 71.0 cm³/mol. The molecule has 19 heavy (non-hydrogen) atoms. The number of hydrogen-bond acceptors (Lipinski definition) is 3. The van der Waals surface area contributed by atoms with Crippen LogP contribution in [0.25, 0.3) is 0 Å². The number of nitrogens with zero attached hydrogens (tertiary/aromatic N) is 3. The second kappa shape index (κ2) is 6.68. The van der Waals surface area contributed by atoms with E-state index in [2.05, 4.69) is 14.5 Å². The van der Waals surface area contributed by atoms with Gasteiger partial charge in [0.05, 0.1) is 11.9 Å². The van der Waals surface area contributed by atoms with Gasteiger partial charge in [-0.25, -0.2) is 9.78 Å². The first kappa shape index (κ1) is 13.3. The lowest BCUT2D eigenvalue weighted by Crippen LogP contribution is -2.00. The maximum absolute atomic E-state index is 10.8. The van der Waals surface area contributed by atoms with E-state index in [0.29, 0.717) is 5.56 Å². The molecule has 5 heteroatoms. The van der Waals surface area contributed by atoms with Gasteiger partial charge in [0.2, 0.25) is 0 Å². The van der Waals surface area contributed by atoms with Gasteiger partial charge in [0.1, 0.15) is 0 Å². The number of carboxylic acid groups (broad SMARTS) is 1. The Morgan fingerprint density at radius 2 is 2.16 bits per heavy atom. The highest BCUT2D eigenvalue weighted by molar-refractivity contribution is 5.87. The molecule has 5 nitrogen and oxygen atoms in total. The van der Waals surface area contributed by atoms with Crippen molar-refractivity contribution in [2.75, 3.05) is 0 Å². The van der Waals surface area contributed by atoms with Gasteiger partial charge in [0.25, 0.3) is 0 Å². The van der Waals surface area contributed by atoms with Gasteiger partial charge in [0.15, 0.2) is 0 Å². The summed E-state index contributed by atoms with van der Waals surface area (Å²) in [5.41, 5.74) is 1.16. The molecule has 2 rings (SSSR count). The lowest BCUT2D eigenvalue weighted by atomic mass is 10.1. The van der Waals surface area contributed by atoms with Crippen molar-refractivity contribution in [3.8, 4) is 0 Å². The van der Waals surface area contributed by atoms with E-state index in [9.17, 15) is 4.79 Å². The first-order valence-corrected chi connectivity index (χ1v) is 6.39. The van der Waals surface area contributed by atoms with Gasteiger partial charge in [-0.15, -0.1) is 0 Å². The number of aryl methyl sites for hydroxylation is 2. The Morgan fingerprint density at radius 1 is 1.26 bits per heavy atom. The minimum Gasteiger partial charge on any atom is -0.478 e. The van der Waals surface area contributed by atoms with Crippen LogP contribution in [-0.2, 0) is 13.0 Å². The Kier molecular flexibility index (Phi) is 4.66. The average molecular weight is 259 g/mol. The summed E-state index contributed by atoms with van der Waals surface area (Å²) in [6, 6.07) is 3.17. The van der Waals surface area contributed by atoms with Crippen LogP contribution in [0.3, 0.4) is 0 Å². The Labute approximate surface area is 111 Å². The third-order valence-corrected chi connectivity index (χ3v) is 2.97. The second-order valence-electron chi connectivity index (χ2n) is 4.45. The highest BCUT2D eigenvalue weighted by Gasteiger charge is 2.03. The largest absolute Gasteiger partial charge is 0.478 e. The molecule has 0 aliphatic heterocycles. The Bertz CT molecular complexity index is 523. The zero-order valence-corrected chi connectivity index (χ0v) is 10.7. The molecule has 2 aromatic heterocycles. The number of rotatable bonds is 7. The zero-order chi connectivity index (χ0) is 13.5. The van der Waals surface area contributed by atoms with E-state index in [1.165, 1.54) is 6.07 Å². The molecule has 0 bridgehead atoms. The van der Waals surface area contributed by atoms with E-state index in [1.807, 2.05) is 12.5 Å². The summed E-state index contributed by atoms with van der Waals surface area (Å²) in [4.78, 5) is 19.0. The van der Waals surface area contributed by atoms with Gasteiger partial charge in [-0.1, -0.05) is 6.42 Å². The molecule has 0 atom stereocenters. The van der Waals surface area contributed by atoms with Crippen LogP contribution in [0.1, 0.15) is 35.3 Å². The highest BCUT2D eigenvalue weighted by atomic mass is 16.4. The normalized spacial score (nSPS) is 10.5. The summed E-state index contributed by atoms with van der Waals surface area (Å²) in [6.45, 7) is 0.975. The molecule has 0 aromatic carbocycles. The number of hydrogen-bond donors (Lipinski definition) is 1. The Balaban J connectivity index is 1.70. The summed E-state index contributed by atoms with van der Waals surface area (Å²) in [5, 5.41) is 8.89. The topological polar surface area (TPSA) is 68.0 Å². The van der Waals surface area contributed by atoms with Gasteiger partial charge >= 0.3 is 5.97 Å². The molecule has 0 spiro atoms. The van der Waals surface area contributed by atoms with Crippen molar-refractivity contribution in [3.05, 3.63) is 48.3 Å². The lowest BCUT2D eigenvalue weighted by molar-refractivity contribution is 0.0696. The Hall–Kier alpha value is -2.17. The van der Waals surface area contributed by atoms with Gasteiger partial charge in [0, 0.05) is 30.8 Å². The summed E-state index contributed by atoms with van der Waals surface area (Å²) in [6.07, 6.45) is 11.1. The SMILES string of the molecule is O=C(O)c1ccnc(CCCCCn2ccnc2)c1. The number of unbranched alkanes of at least 4 members (excludes halogenated alkanes) is 2. The minimum atomic E-state index is -0.899. The minimum absolute atomic E-state index is 0.309. The van der Waals surface area contributed by atoms with Gasteiger partial charge in [-0.2, -0.15) is 0 Å². The molecule has 0 amide bonds. The molecule has 0 fully saturated rings. The van der Waals surface area contributed by atoms with Crippen molar-refractivity contribution in [3.63, 3.8) is 0 Å². The first-order valence-electron chi connectivity index (χ1n) is 6.39. The molecule has 0 aliphatic rings. The quantitative estimate of drug-likeness (QED) is 0.775. The fourth-order valence-corrected chi connectivity index (χ4v) is 1.94. The number of pyridine rings is 1. The third kappa shape index (κ3) is 4.21. The summed E-state index contributed by atoms with van der Waals surface area (Å²) >= 11 is 0. The Morgan fingerprint density at radius 3 is 2.89 bits per heavy atom. The average Bonchev–Trinajstić information content (AvgIpc) is 2.92. The van der Waals surface area contributed by atoms with Gasteiger partial charge < -0.3 is 9.67 Å². The van der Waals surface area contributed by atoms with Crippen LogP contribution in [-0.4, -0.2) is 25.6 Å². The van der Waals surface area contributed by atoms with E-state index in [-0.39, 0.29) is 0 Å². The number of aromatic nitrogens is 3. The fourth-order valence-electron chi connectivity index (χ4n) is 1.94. The fraction of sp³-hybridized carbons (Fsp3) is 0.357. The van der Waals surface area contributed by atoms with E-state index < -0.39 is 5.97 Å². The molecular formula is C14H17N3O2. The molecule has 0 saturated carbocycles. The maximum Gasteiger partial charge on any atom is 0.335 e. The highest BCUT2D eigenvalue weighted by Crippen LogP contribution is 2.07. The first-order chi connectivity index (χ1) is 9.25. The van der Waals surface area contributed by atoms with E-state index >= 15 is 0 Å². The second-order valence-corrected chi connectivity index (χ2v) is 4.45. The van der Waals surface area contributed by atoms with Gasteiger partial charge in [-0.05, 0) is 31.4 Å². The van der Waals surface area contributed by atoms with Crippen LogP contribution in [0.5, 0.6) is 0 Å². The monoisotopic (exact) mass is 259 g/mol. The standard InChI is InChI=1S/C14H17N3O2/c18-14(19)12-5-6-16-13(10-12)4-2-1-3-8-17-9-7-15-11-17/h5-7,9-11H,1-4,8H2,(H,18,19). The van der Waals surface area contributed by atoms with Crippen molar-refractivity contribution < 1.29 is 9.90 Å². The van der Waals surface area contributed by atoms with E-state index in [4.69, 9.17) is 5.11 Å². The van der Waals surface area contributed by atoms with Crippen molar-refractivity contribution >= 4 is 5.97 Å². The number of aromatic carboxylic acids is 1. The molecule has 100 valence electrons. The van der Waals surface area contributed by atoms with Crippen LogP contribution in [0.15, 0.2) is 37.1 Å². The maximum atomic E-state index is 10.8. The molecule has 0 radical (unpaired) electrons. The predicted octanol–water partition coefficient (Wildman–Crippen LogP) is 2.39. The van der Waals surface area contributed by atoms with Crippen molar-refractivity contribution in [1.82, 2.24) is 14.5 Å². The number of carboxylic acids is 1. The summed E-state index contributed by atoms with van der Waals surface area (Å²) in [5.74, 6) is -0.899. The molecule has 0 unspecified atom stereocenters. The summed E-state index contributed by atoms with van der Waals surface area (Å²) < 4.78 is 2.06. The number of imidazole rings is 1. The molecule has 2 heterocycles. The number of carbonyl (C=O) groups is 1. The van der Waals surface area contributed by atoms with Crippen molar-refractivity contribution in [1.29, 1.82) is 0 Å². The van der Waals surface area contributed by atoms with E-state index in [1.54, 1.807) is 18.5 Å². The van der Waals surface area contributed by atoms with Crippen LogP contribution in [0.2, 0.25) is 0 Å². The summed E-state index contributed by atoms with van der Waals surface area (Å²) in [7, 11) is 0. The molecule has 0 aliphatic carbocycles. The van der Waals surface area contributed by atoms with Crippen LogP contribution < -0.4 is 0 Å². The molecule has 0 saturated heterocycles. The molecule has 2 aromatic rings. The van der Waals surface area contributed by atoms with Crippen molar-refractivity contribution in [2.45, 2.75) is 32.2 Å². The third-order valence-electron chi connectivity index (χ3n) is 2.97. The van der Waals surface area contributed by atoms with Crippen LogP contribution >= 0.6 is 0 Å².